The van der Waals surface area contributed by atoms with E-state index in [4.69, 9.17) is 9.47 Å². The van der Waals surface area contributed by atoms with Gasteiger partial charge >= 0.3 is 0 Å². The zero-order valence-corrected chi connectivity index (χ0v) is 24.2. The van der Waals surface area contributed by atoms with Crippen LogP contribution >= 0.6 is 0 Å². The van der Waals surface area contributed by atoms with Crippen molar-refractivity contribution in [3.05, 3.63) is 88.1 Å². The van der Waals surface area contributed by atoms with Crippen molar-refractivity contribution in [3.63, 3.8) is 0 Å². The minimum atomic E-state index is -0.342. The van der Waals surface area contributed by atoms with E-state index in [9.17, 15) is 0 Å². The molecule has 2 nitrogen and oxygen atoms in total. The van der Waals surface area contributed by atoms with Crippen molar-refractivity contribution >= 4 is 6.08 Å². The molecular formula is C34H52O2. The van der Waals surface area contributed by atoms with Crippen LogP contribution in [0.4, 0.5) is 0 Å². The van der Waals surface area contributed by atoms with Gasteiger partial charge in [-0.25, -0.2) is 0 Å². The lowest BCUT2D eigenvalue weighted by molar-refractivity contribution is -0.102. The van der Waals surface area contributed by atoms with Gasteiger partial charge in [0.2, 0.25) is 0 Å². The van der Waals surface area contributed by atoms with Gasteiger partial charge in [-0.05, 0) is 91.2 Å². The van der Waals surface area contributed by atoms with Crippen LogP contribution in [0.5, 0.6) is 0 Å². The maximum absolute atomic E-state index is 6.38. The van der Waals surface area contributed by atoms with E-state index in [1.54, 1.807) is 0 Å². The highest BCUT2D eigenvalue weighted by Gasteiger charge is 2.15. The Labute approximate surface area is 222 Å². The second-order valence-electron chi connectivity index (χ2n) is 10.3. The number of hydrogen-bond acceptors (Lipinski definition) is 2. The summed E-state index contributed by atoms with van der Waals surface area (Å²) in [5.74, 6) is 0. The van der Waals surface area contributed by atoms with Crippen LogP contribution in [0.15, 0.2) is 82.5 Å². The molecule has 0 N–H and O–H groups in total. The lowest BCUT2D eigenvalue weighted by Gasteiger charge is -2.21. The van der Waals surface area contributed by atoms with E-state index in [0.29, 0.717) is 13.2 Å². The fraction of sp³-hybridized carbons (Fsp3) is 0.529. The van der Waals surface area contributed by atoms with Gasteiger partial charge in [-0.15, -0.1) is 0 Å². The Morgan fingerprint density at radius 2 is 1.22 bits per heavy atom. The van der Waals surface area contributed by atoms with E-state index in [-0.39, 0.29) is 6.29 Å². The molecular weight excluding hydrogens is 440 g/mol. The van der Waals surface area contributed by atoms with Crippen molar-refractivity contribution < 1.29 is 9.47 Å². The van der Waals surface area contributed by atoms with E-state index in [0.717, 1.165) is 38.5 Å². The second kappa shape index (κ2) is 20.0. The average molecular weight is 493 g/mol. The summed E-state index contributed by atoms with van der Waals surface area (Å²) in [7, 11) is 0. The van der Waals surface area contributed by atoms with Gasteiger partial charge in [0.05, 0.1) is 13.2 Å². The van der Waals surface area contributed by atoms with Gasteiger partial charge in [0.15, 0.2) is 6.29 Å². The second-order valence-corrected chi connectivity index (χ2v) is 10.3. The first-order valence-electron chi connectivity index (χ1n) is 13.9. The van der Waals surface area contributed by atoms with Crippen LogP contribution in [0.1, 0.15) is 105 Å². The summed E-state index contributed by atoms with van der Waals surface area (Å²) in [6.45, 7) is 16.4. The van der Waals surface area contributed by atoms with E-state index < -0.39 is 0 Å². The summed E-state index contributed by atoms with van der Waals surface area (Å²) < 4.78 is 12.8. The van der Waals surface area contributed by atoms with Gasteiger partial charge in [-0.2, -0.15) is 0 Å². The number of ether oxygens (including phenoxy) is 2. The maximum atomic E-state index is 6.38. The molecule has 0 aliphatic rings. The average Bonchev–Trinajstić information content (AvgIpc) is 2.83. The fourth-order valence-electron chi connectivity index (χ4n) is 3.80. The van der Waals surface area contributed by atoms with Crippen LogP contribution in [0.25, 0.3) is 6.08 Å². The molecule has 1 aromatic carbocycles. The lowest BCUT2D eigenvalue weighted by atomic mass is 10.0. The molecule has 0 aliphatic carbocycles. The molecule has 0 bridgehead atoms. The fourth-order valence-corrected chi connectivity index (χ4v) is 3.80. The predicted molar refractivity (Wildman–Crippen MR) is 159 cm³/mol. The topological polar surface area (TPSA) is 18.5 Å². The van der Waals surface area contributed by atoms with Gasteiger partial charge in [-0.1, -0.05) is 103 Å². The molecule has 1 rings (SSSR count). The zero-order valence-electron chi connectivity index (χ0n) is 24.2. The number of rotatable bonds is 18. The van der Waals surface area contributed by atoms with Gasteiger partial charge < -0.3 is 9.47 Å². The molecule has 1 aromatic rings. The van der Waals surface area contributed by atoms with Gasteiger partial charge in [0.25, 0.3) is 0 Å². The maximum Gasteiger partial charge on any atom is 0.180 e. The quantitative estimate of drug-likeness (QED) is 0.115. The first kappa shape index (κ1) is 31.9. The summed E-state index contributed by atoms with van der Waals surface area (Å²) in [5.41, 5.74) is 7.89. The number of hydrogen-bond donors (Lipinski definition) is 0. The van der Waals surface area contributed by atoms with Crippen LogP contribution < -0.4 is 0 Å². The summed E-state index contributed by atoms with van der Waals surface area (Å²) in [5, 5.41) is 0. The molecule has 2 heteroatoms. The van der Waals surface area contributed by atoms with E-state index in [1.807, 2.05) is 0 Å². The van der Waals surface area contributed by atoms with Crippen LogP contribution in [-0.4, -0.2) is 19.5 Å². The highest BCUT2D eigenvalue weighted by molar-refractivity contribution is 5.53. The largest absolute Gasteiger partial charge is 0.345 e. The minimum Gasteiger partial charge on any atom is -0.345 e. The number of unbranched alkanes of at least 4 members (excludes halogenated alkanes) is 2. The first-order chi connectivity index (χ1) is 17.3. The molecule has 200 valence electrons. The van der Waals surface area contributed by atoms with Gasteiger partial charge in [0.1, 0.15) is 0 Å². The molecule has 0 aromatic heterocycles. The van der Waals surface area contributed by atoms with Crippen molar-refractivity contribution in [2.45, 2.75) is 106 Å². The Balaban J connectivity index is 2.96. The van der Waals surface area contributed by atoms with E-state index in [1.165, 1.54) is 46.3 Å². The molecule has 0 fully saturated rings. The molecule has 36 heavy (non-hydrogen) atoms. The third kappa shape index (κ3) is 16.5. The predicted octanol–water partition coefficient (Wildman–Crippen LogP) is 10.4. The van der Waals surface area contributed by atoms with Crippen LogP contribution in [0.2, 0.25) is 0 Å². The highest BCUT2D eigenvalue weighted by Crippen LogP contribution is 2.21. The highest BCUT2D eigenvalue weighted by atomic mass is 16.7. The Hall–Kier alpha value is -2.16. The molecule has 0 radical (unpaired) electrons. The van der Waals surface area contributed by atoms with Crippen molar-refractivity contribution in [1.82, 2.24) is 0 Å². The zero-order chi connectivity index (χ0) is 26.6. The van der Waals surface area contributed by atoms with Crippen molar-refractivity contribution in [1.29, 1.82) is 0 Å². The number of benzene rings is 1. The monoisotopic (exact) mass is 492 g/mol. The standard InChI is InChI=1S/C34H52O2/c1-8-9-11-22-33(27-32-20-12-10-13-21-32)34(35-25-23-30(6)18-14-16-28(2)3)36-26-24-31(7)19-15-17-29(4)5/h10,12-13,16-17,20-21,23-24,27,34H,8-9,11,14-15,18-19,22,25-26H2,1-7H3. The normalized spacial score (nSPS) is 13.5. The Morgan fingerprint density at radius 1 is 0.694 bits per heavy atom. The van der Waals surface area contributed by atoms with Gasteiger partial charge in [-0.3, -0.25) is 0 Å². The Bertz CT molecular complexity index is 818. The molecule has 0 aliphatic heterocycles. The first-order valence-corrected chi connectivity index (χ1v) is 13.9. The summed E-state index contributed by atoms with van der Waals surface area (Å²) in [6, 6.07) is 10.5. The lowest BCUT2D eigenvalue weighted by Crippen LogP contribution is -2.21. The van der Waals surface area contributed by atoms with Crippen molar-refractivity contribution in [2.75, 3.05) is 13.2 Å². The third-order valence-corrected chi connectivity index (χ3v) is 6.06. The van der Waals surface area contributed by atoms with Gasteiger partial charge in [0, 0.05) is 0 Å². The van der Waals surface area contributed by atoms with Crippen LogP contribution in [0, 0.1) is 0 Å². The molecule has 0 unspecified atom stereocenters. The SMILES string of the molecule is CCCCCC(=Cc1ccccc1)C(OCC=C(C)CCC=C(C)C)OCC=C(C)CCC=C(C)C. The molecule has 0 heterocycles. The van der Waals surface area contributed by atoms with Crippen LogP contribution in [0.3, 0.4) is 0 Å². The van der Waals surface area contributed by atoms with E-state index in [2.05, 4.69) is 109 Å². The smallest absolute Gasteiger partial charge is 0.180 e. The third-order valence-electron chi connectivity index (χ3n) is 6.06. The van der Waals surface area contributed by atoms with E-state index >= 15 is 0 Å². The minimum absolute atomic E-state index is 0.342. The van der Waals surface area contributed by atoms with Crippen molar-refractivity contribution in [3.8, 4) is 0 Å². The summed E-state index contributed by atoms with van der Waals surface area (Å²) in [4.78, 5) is 0. The van der Waals surface area contributed by atoms with Crippen molar-refractivity contribution in [2.24, 2.45) is 0 Å². The number of allylic oxidation sites excluding steroid dienone is 6. The molecule has 0 saturated heterocycles. The molecule has 0 atom stereocenters. The summed E-state index contributed by atoms with van der Waals surface area (Å²) in [6.07, 6.45) is 19.8. The molecule has 0 saturated carbocycles. The molecule has 0 spiro atoms. The van der Waals surface area contributed by atoms with Crippen LogP contribution in [-0.2, 0) is 9.47 Å². The molecule has 0 amide bonds. The Morgan fingerprint density at radius 3 is 1.69 bits per heavy atom. The summed E-state index contributed by atoms with van der Waals surface area (Å²) >= 11 is 0. The Kier molecular flexibility index (Phi) is 17.7.